The molecule has 0 amide bonds. The molecule has 0 saturated carbocycles. The lowest BCUT2D eigenvalue weighted by atomic mass is 10.2. The summed E-state index contributed by atoms with van der Waals surface area (Å²) < 4.78 is 11.0. The average Bonchev–Trinajstić information content (AvgIpc) is 2.39. The van der Waals surface area contributed by atoms with Gasteiger partial charge in [-0.25, -0.2) is 0 Å². The molecule has 2 aromatic rings. The monoisotopic (exact) mass is 278 g/mol. The van der Waals surface area contributed by atoms with Gasteiger partial charge in [0.05, 0.1) is 0 Å². The predicted molar refractivity (Wildman–Crippen MR) is 75.3 cm³/mol. The Morgan fingerprint density at radius 2 is 1.68 bits per heavy atom. The van der Waals surface area contributed by atoms with Gasteiger partial charge in [-0.3, -0.25) is 0 Å². The van der Waals surface area contributed by atoms with Crippen LogP contribution in [0.2, 0.25) is 5.02 Å². The Morgan fingerprint density at radius 1 is 1.00 bits per heavy atom. The van der Waals surface area contributed by atoms with Gasteiger partial charge in [-0.15, -0.1) is 0 Å². The van der Waals surface area contributed by atoms with Crippen molar-refractivity contribution >= 4 is 11.6 Å². The predicted octanol–water partition coefficient (Wildman–Crippen LogP) is 3.81. The number of phenols is 1. The van der Waals surface area contributed by atoms with Crippen LogP contribution in [-0.2, 0) is 0 Å². The number of benzene rings is 2. The van der Waals surface area contributed by atoms with Crippen LogP contribution in [0.25, 0.3) is 0 Å². The van der Waals surface area contributed by atoms with E-state index < -0.39 is 0 Å². The van der Waals surface area contributed by atoms with Crippen molar-refractivity contribution in [3.63, 3.8) is 0 Å². The summed E-state index contributed by atoms with van der Waals surface area (Å²) in [5.41, 5.74) is 0.980. The van der Waals surface area contributed by atoms with E-state index in [1.54, 1.807) is 24.3 Å². The molecule has 0 heterocycles. The molecule has 0 aromatic heterocycles. The number of halogens is 1. The summed E-state index contributed by atoms with van der Waals surface area (Å²) >= 11 is 5.93. The molecule has 2 rings (SSSR count). The highest BCUT2D eigenvalue weighted by Gasteiger charge is 1.99. The fraction of sp³-hybridized carbons (Fsp3) is 0.200. The van der Waals surface area contributed by atoms with Crippen LogP contribution in [0.5, 0.6) is 17.2 Å². The first kappa shape index (κ1) is 13.6. The van der Waals surface area contributed by atoms with Crippen LogP contribution in [-0.4, -0.2) is 18.3 Å². The van der Waals surface area contributed by atoms with Crippen molar-refractivity contribution in [2.24, 2.45) is 0 Å². The molecule has 0 saturated heterocycles. The van der Waals surface area contributed by atoms with Crippen molar-refractivity contribution in [3.8, 4) is 17.2 Å². The molecule has 0 aliphatic heterocycles. The van der Waals surface area contributed by atoms with Crippen LogP contribution in [0.1, 0.15) is 5.56 Å². The zero-order valence-electron chi connectivity index (χ0n) is 10.6. The molecule has 0 spiro atoms. The number of hydrogen-bond donors (Lipinski definition) is 1. The maximum atomic E-state index is 9.28. The maximum Gasteiger partial charge on any atom is 0.123 e. The zero-order chi connectivity index (χ0) is 13.7. The number of rotatable bonds is 5. The van der Waals surface area contributed by atoms with Crippen molar-refractivity contribution in [2.75, 3.05) is 13.2 Å². The standard InChI is InChI=1S/C15H15ClO3/c1-11-9-14(5-6-15(11)16)19-8-7-18-13-4-2-3-12(17)10-13/h2-6,9-10,17H,7-8H2,1H3. The van der Waals surface area contributed by atoms with Gasteiger partial charge in [-0.2, -0.15) is 0 Å². The molecular formula is C15H15ClO3. The van der Waals surface area contributed by atoms with Crippen molar-refractivity contribution in [1.82, 2.24) is 0 Å². The summed E-state index contributed by atoms with van der Waals surface area (Å²) in [7, 11) is 0. The molecule has 1 N–H and O–H groups in total. The fourth-order valence-electron chi connectivity index (χ4n) is 1.60. The summed E-state index contributed by atoms with van der Waals surface area (Å²) in [5.74, 6) is 1.57. The van der Waals surface area contributed by atoms with E-state index in [0.29, 0.717) is 19.0 Å². The second-order valence-corrected chi connectivity index (χ2v) is 4.51. The maximum absolute atomic E-state index is 9.28. The highest BCUT2D eigenvalue weighted by Crippen LogP contribution is 2.21. The molecule has 100 valence electrons. The molecule has 3 nitrogen and oxygen atoms in total. The van der Waals surface area contributed by atoms with Gasteiger partial charge in [0.15, 0.2) is 0 Å². The fourth-order valence-corrected chi connectivity index (χ4v) is 1.72. The van der Waals surface area contributed by atoms with E-state index in [9.17, 15) is 5.11 Å². The van der Waals surface area contributed by atoms with E-state index in [4.69, 9.17) is 21.1 Å². The molecular weight excluding hydrogens is 264 g/mol. The SMILES string of the molecule is Cc1cc(OCCOc2cccc(O)c2)ccc1Cl. The molecule has 19 heavy (non-hydrogen) atoms. The topological polar surface area (TPSA) is 38.7 Å². The van der Waals surface area contributed by atoms with Crippen LogP contribution in [0.4, 0.5) is 0 Å². The third-order valence-electron chi connectivity index (χ3n) is 2.57. The van der Waals surface area contributed by atoms with Crippen LogP contribution in [0.15, 0.2) is 42.5 Å². The highest BCUT2D eigenvalue weighted by atomic mass is 35.5. The smallest absolute Gasteiger partial charge is 0.123 e. The van der Waals surface area contributed by atoms with Crippen LogP contribution >= 0.6 is 11.6 Å². The van der Waals surface area contributed by atoms with Gasteiger partial charge in [0.1, 0.15) is 30.5 Å². The van der Waals surface area contributed by atoms with Gasteiger partial charge in [0.25, 0.3) is 0 Å². The van der Waals surface area contributed by atoms with Crippen LogP contribution < -0.4 is 9.47 Å². The van der Waals surface area contributed by atoms with Crippen LogP contribution in [0.3, 0.4) is 0 Å². The Hall–Kier alpha value is -1.87. The number of ether oxygens (including phenoxy) is 2. The Kier molecular flexibility index (Phi) is 4.53. The number of phenolic OH excluding ortho intramolecular Hbond substituents is 1. The van der Waals surface area contributed by atoms with E-state index >= 15 is 0 Å². The minimum atomic E-state index is 0.187. The first-order chi connectivity index (χ1) is 9.15. The minimum Gasteiger partial charge on any atom is -0.508 e. The van der Waals surface area contributed by atoms with Gasteiger partial charge in [0, 0.05) is 11.1 Å². The lowest BCUT2D eigenvalue weighted by Gasteiger charge is -2.09. The minimum absolute atomic E-state index is 0.187. The van der Waals surface area contributed by atoms with E-state index in [1.165, 1.54) is 0 Å². The molecule has 0 fully saturated rings. The van der Waals surface area contributed by atoms with E-state index in [0.717, 1.165) is 16.3 Å². The lowest BCUT2D eigenvalue weighted by molar-refractivity contribution is 0.216. The largest absolute Gasteiger partial charge is 0.508 e. The molecule has 0 aliphatic rings. The third kappa shape index (κ3) is 4.07. The van der Waals surface area contributed by atoms with Crippen molar-refractivity contribution in [2.45, 2.75) is 6.92 Å². The van der Waals surface area contributed by atoms with Gasteiger partial charge in [-0.05, 0) is 42.8 Å². The molecule has 0 aliphatic carbocycles. The Bertz CT molecular complexity index is 555. The van der Waals surface area contributed by atoms with E-state index in [2.05, 4.69) is 0 Å². The van der Waals surface area contributed by atoms with Crippen LogP contribution in [0, 0.1) is 6.92 Å². The Morgan fingerprint density at radius 3 is 2.32 bits per heavy atom. The Labute approximate surface area is 117 Å². The first-order valence-corrected chi connectivity index (χ1v) is 6.34. The van der Waals surface area contributed by atoms with Crippen molar-refractivity contribution in [1.29, 1.82) is 0 Å². The summed E-state index contributed by atoms with van der Waals surface area (Å²) in [4.78, 5) is 0. The van der Waals surface area contributed by atoms with Crippen molar-refractivity contribution in [3.05, 3.63) is 53.1 Å². The quantitative estimate of drug-likeness (QED) is 0.845. The summed E-state index contributed by atoms with van der Waals surface area (Å²) in [5, 5.41) is 10.0. The van der Waals surface area contributed by atoms with Gasteiger partial charge < -0.3 is 14.6 Å². The molecule has 0 atom stereocenters. The van der Waals surface area contributed by atoms with Gasteiger partial charge >= 0.3 is 0 Å². The van der Waals surface area contributed by atoms with E-state index in [-0.39, 0.29) is 5.75 Å². The third-order valence-corrected chi connectivity index (χ3v) is 2.99. The second-order valence-electron chi connectivity index (χ2n) is 4.11. The normalized spacial score (nSPS) is 10.2. The highest BCUT2D eigenvalue weighted by molar-refractivity contribution is 6.31. The molecule has 0 radical (unpaired) electrons. The number of hydrogen-bond acceptors (Lipinski definition) is 3. The summed E-state index contributed by atoms with van der Waals surface area (Å²) in [6.45, 7) is 2.76. The molecule has 2 aromatic carbocycles. The lowest BCUT2D eigenvalue weighted by Crippen LogP contribution is -2.08. The number of aromatic hydroxyl groups is 1. The number of aryl methyl sites for hydroxylation is 1. The van der Waals surface area contributed by atoms with Gasteiger partial charge in [-0.1, -0.05) is 17.7 Å². The molecule has 4 heteroatoms. The molecule has 0 unspecified atom stereocenters. The molecule has 0 bridgehead atoms. The Balaban J connectivity index is 1.79. The average molecular weight is 279 g/mol. The second kappa shape index (κ2) is 6.34. The zero-order valence-corrected chi connectivity index (χ0v) is 11.4. The van der Waals surface area contributed by atoms with Crippen molar-refractivity contribution < 1.29 is 14.6 Å². The summed E-state index contributed by atoms with van der Waals surface area (Å²) in [6, 6.07) is 12.2. The summed E-state index contributed by atoms with van der Waals surface area (Å²) in [6.07, 6.45) is 0. The first-order valence-electron chi connectivity index (χ1n) is 5.96. The van der Waals surface area contributed by atoms with Gasteiger partial charge in [0.2, 0.25) is 0 Å². The van der Waals surface area contributed by atoms with E-state index in [1.807, 2.05) is 25.1 Å².